The zero-order valence-corrected chi connectivity index (χ0v) is 9.58. The maximum atomic E-state index is 13.3. The Labute approximate surface area is 102 Å². The van der Waals surface area contributed by atoms with Crippen molar-refractivity contribution in [2.24, 2.45) is 0 Å². The molecule has 1 amide bonds. The van der Waals surface area contributed by atoms with Crippen LogP contribution in [-0.4, -0.2) is 10.9 Å². The summed E-state index contributed by atoms with van der Waals surface area (Å²) in [5.74, 6) is -1.84. The first-order chi connectivity index (χ1) is 8.56. The van der Waals surface area contributed by atoms with Crippen LogP contribution >= 0.6 is 0 Å². The Morgan fingerprint density at radius 2 is 2.00 bits per heavy atom. The number of rotatable bonds is 2. The molecular formula is C13H10F2N2O. The number of halogens is 2. The summed E-state index contributed by atoms with van der Waals surface area (Å²) >= 11 is 0. The van der Waals surface area contributed by atoms with Crippen molar-refractivity contribution in [2.75, 3.05) is 5.32 Å². The SMILES string of the molecule is Cc1ccc(C(=O)Nc2cc(F)ccc2F)cn1. The van der Waals surface area contributed by atoms with Crippen molar-refractivity contribution in [3.63, 3.8) is 0 Å². The van der Waals surface area contributed by atoms with Crippen LogP contribution in [0, 0.1) is 18.6 Å². The molecule has 92 valence electrons. The fourth-order valence-electron chi connectivity index (χ4n) is 1.39. The quantitative estimate of drug-likeness (QED) is 0.887. The molecule has 3 nitrogen and oxygen atoms in total. The van der Waals surface area contributed by atoms with E-state index in [2.05, 4.69) is 10.3 Å². The minimum atomic E-state index is -0.690. The van der Waals surface area contributed by atoms with Crippen molar-refractivity contribution >= 4 is 11.6 Å². The van der Waals surface area contributed by atoms with Gasteiger partial charge in [0.25, 0.3) is 5.91 Å². The molecule has 2 aromatic rings. The lowest BCUT2D eigenvalue weighted by Gasteiger charge is -2.06. The van der Waals surface area contributed by atoms with E-state index in [0.717, 1.165) is 23.9 Å². The van der Waals surface area contributed by atoms with Crippen LogP contribution in [0.4, 0.5) is 14.5 Å². The predicted molar refractivity (Wildman–Crippen MR) is 63.3 cm³/mol. The van der Waals surface area contributed by atoms with Crippen LogP contribution in [0.2, 0.25) is 0 Å². The van der Waals surface area contributed by atoms with Crippen molar-refractivity contribution in [1.82, 2.24) is 4.98 Å². The number of nitrogens with one attached hydrogen (secondary N) is 1. The van der Waals surface area contributed by atoms with Gasteiger partial charge in [0.05, 0.1) is 11.3 Å². The average molecular weight is 248 g/mol. The normalized spacial score (nSPS) is 10.2. The number of pyridine rings is 1. The molecule has 0 aliphatic carbocycles. The van der Waals surface area contributed by atoms with Crippen LogP contribution < -0.4 is 5.32 Å². The fraction of sp³-hybridized carbons (Fsp3) is 0.0769. The molecule has 5 heteroatoms. The Kier molecular flexibility index (Phi) is 3.32. The van der Waals surface area contributed by atoms with Gasteiger partial charge in [-0.15, -0.1) is 0 Å². The number of nitrogens with zero attached hydrogens (tertiary/aromatic N) is 1. The molecule has 2 rings (SSSR count). The molecule has 0 bridgehead atoms. The van der Waals surface area contributed by atoms with E-state index in [9.17, 15) is 13.6 Å². The van der Waals surface area contributed by atoms with Crippen molar-refractivity contribution in [3.05, 3.63) is 59.4 Å². The van der Waals surface area contributed by atoms with E-state index < -0.39 is 17.5 Å². The Morgan fingerprint density at radius 3 is 2.67 bits per heavy atom. The summed E-state index contributed by atoms with van der Waals surface area (Å²) in [4.78, 5) is 15.7. The monoisotopic (exact) mass is 248 g/mol. The number of carbonyl (C=O) groups is 1. The van der Waals surface area contributed by atoms with Gasteiger partial charge in [0.15, 0.2) is 0 Å². The van der Waals surface area contributed by atoms with E-state index in [1.807, 2.05) is 0 Å². The summed E-state index contributed by atoms with van der Waals surface area (Å²) < 4.78 is 26.2. The Balaban J connectivity index is 2.21. The molecule has 0 saturated carbocycles. The minimum Gasteiger partial charge on any atom is -0.319 e. The number of aromatic nitrogens is 1. The molecule has 0 spiro atoms. The predicted octanol–water partition coefficient (Wildman–Crippen LogP) is 2.92. The maximum absolute atomic E-state index is 13.3. The summed E-state index contributed by atoms with van der Waals surface area (Å²) in [6.07, 6.45) is 1.38. The van der Waals surface area contributed by atoms with Gasteiger partial charge in [0, 0.05) is 18.0 Å². The van der Waals surface area contributed by atoms with Gasteiger partial charge in [0.1, 0.15) is 11.6 Å². The summed E-state index contributed by atoms with van der Waals surface area (Å²) in [6, 6.07) is 6.09. The highest BCUT2D eigenvalue weighted by molar-refractivity contribution is 6.04. The van der Waals surface area contributed by atoms with Crippen LogP contribution in [0.25, 0.3) is 0 Å². The van der Waals surface area contributed by atoms with Crippen molar-refractivity contribution in [3.8, 4) is 0 Å². The molecule has 18 heavy (non-hydrogen) atoms. The minimum absolute atomic E-state index is 0.194. The first kappa shape index (κ1) is 12.2. The van der Waals surface area contributed by atoms with E-state index in [1.165, 1.54) is 6.20 Å². The topological polar surface area (TPSA) is 42.0 Å². The zero-order chi connectivity index (χ0) is 13.1. The number of hydrogen-bond acceptors (Lipinski definition) is 2. The second kappa shape index (κ2) is 4.91. The fourth-order valence-corrected chi connectivity index (χ4v) is 1.39. The van der Waals surface area contributed by atoms with Gasteiger partial charge in [-0.3, -0.25) is 9.78 Å². The van der Waals surface area contributed by atoms with Gasteiger partial charge < -0.3 is 5.32 Å². The highest BCUT2D eigenvalue weighted by Crippen LogP contribution is 2.16. The van der Waals surface area contributed by atoms with Crippen LogP contribution in [0.15, 0.2) is 36.5 Å². The highest BCUT2D eigenvalue weighted by atomic mass is 19.1. The number of benzene rings is 1. The van der Waals surface area contributed by atoms with E-state index in [4.69, 9.17) is 0 Å². The van der Waals surface area contributed by atoms with Crippen LogP contribution in [0.1, 0.15) is 16.1 Å². The number of amides is 1. The molecule has 0 atom stereocenters. The van der Waals surface area contributed by atoms with Gasteiger partial charge in [-0.05, 0) is 31.2 Å². The second-order valence-electron chi connectivity index (χ2n) is 3.77. The first-order valence-corrected chi connectivity index (χ1v) is 5.25. The number of carbonyl (C=O) groups excluding carboxylic acids is 1. The third-order valence-electron chi connectivity index (χ3n) is 2.35. The third-order valence-corrected chi connectivity index (χ3v) is 2.35. The first-order valence-electron chi connectivity index (χ1n) is 5.25. The highest BCUT2D eigenvalue weighted by Gasteiger charge is 2.10. The molecule has 1 N–H and O–H groups in total. The third kappa shape index (κ3) is 2.68. The van der Waals surface area contributed by atoms with E-state index >= 15 is 0 Å². The van der Waals surface area contributed by atoms with Gasteiger partial charge >= 0.3 is 0 Å². The molecule has 0 fully saturated rings. The lowest BCUT2D eigenvalue weighted by molar-refractivity contribution is 0.102. The Hall–Kier alpha value is -2.30. The van der Waals surface area contributed by atoms with Crippen LogP contribution in [0.3, 0.4) is 0 Å². The van der Waals surface area contributed by atoms with Crippen molar-refractivity contribution < 1.29 is 13.6 Å². The van der Waals surface area contributed by atoms with Crippen LogP contribution in [-0.2, 0) is 0 Å². The molecule has 1 heterocycles. The summed E-state index contributed by atoms with van der Waals surface area (Å²) in [5.41, 5.74) is 0.855. The molecule has 0 aliphatic rings. The number of hydrogen-bond donors (Lipinski definition) is 1. The number of anilines is 1. The molecule has 0 radical (unpaired) electrons. The van der Waals surface area contributed by atoms with E-state index in [0.29, 0.717) is 0 Å². The number of aryl methyl sites for hydroxylation is 1. The van der Waals surface area contributed by atoms with Gasteiger partial charge in [-0.25, -0.2) is 8.78 Å². The molecule has 1 aromatic heterocycles. The van der Waals surface area contributed by atoms with E-state index in [1.54, 1.807) is 19.1 Å². The smallest absolute Gasteiger partial charge is 0.257 e. The molecular weight excluding hydrogens is 238 g/mol. The lowest BCUT2D eigenvalue weighted by atomic mass is 10.2. The summed E-state index contributed by atoms with van der Waals surface area (Å²) in [7, 11) is 0. The lowest BCUT2D eigenvalue weighted by Crippen LogP contribution is -2.13. The van der Waals surface area contributed by atoms with Gasteiger partial charge in [0.2, 0.25) is 0 Å². The van der Waals surface area contributed by atoms with Gasteiger partial charge in [-0.2, -0.15) is 0 Å². The summed E-state index contributed by atoms with van der Waals surface area (Å²) in [5, 5.41) is 2.29. The Morgan fingerprint density at radius 1 is 1.22 bits per heavy atom. The molecule has 0 aliphatic heterocycles. The Bertz CT molecular complexity index is 582. The summed E-state index contributed by atoms with van der Waals surface area (Å²) in [6.45, 7) is 1.79. The molecule has 1 aromatic carbocycles. The van der Waals surface area contributed by atoms with E-state index in [-0.39, 0.29) is 11.3 Å². The zero-order valence-electron chi connectivity index (χ0n) is 9.58. The standard InChI is InChI=1S/C13H10F2N2O/c1-8-2-3-9(7-16-8)13(18)17-12-6-10(14)4-5-11(12)15/h2-7H,1H3,(H,17,18). The molecule has 0 unspecified atom stereocenters. The largest absolute Gasteiger partial charge is 0.319 e. The maximum Gasteiger partial charge on any atom is 0.257 e. The van der Waals surface area contributed by atoms with Gasteiger partial charge in [-0.1, -0.05) is 0 Å². The van der Waals surface area contributed by atoms with Crippen LogP contribution in [0.5, 0.6) is 0 Å². The van der Waals surface area contributed by atoms with Crippen molar-refractivity contribution in [2.45, 2.75) is 6.92 Å². The second-order valence-corrected chi connectivity index (χ2v) is 3.77. The molecule has 0 saturated heterocycles. The average Bonchev–Trinajstić information content (AvgIpc) is 2.34. The van der Waals surface area contributed by atoms with Crippen molar-refractivity contribution in [1.29, 1.82) is 0 Å².